The summed E-state index contributed by atoms with van der Waals surface area (Å²) >= 11 is 1.21. The van der Waals surface area contributed by atoms with Gasteiger partial charge in [0.1, 0.15) is 12.1 Å². The molecule has 144 valence electrons. The predicted octanol–water partition coefficient (Wildman–Crippen LogP) is 3.06. The summed E-state index contributed by atoms with van der Waals surface area (Å²) in [6.45, 7) is 2.04. The fourth-order valence-electron chi connectivity index (χ4n) is 2.59. The highest BCUT2D eigenvalue weighted by Gasteiger charge is 2.13. The monoisotopic (exact) mass is 398 g/mol. The average Bonchev–Trinajstić information content (AvgIpc) is 3.15. The minimum atomic E-state index is -0.384. The van der Waals surface area contributed by atoms with Crippen LogP contribution in [-0.4, -0.2) is 38.8 Å². The summed E-state index contributed by atoms with van der Waals surface area (Å²) in [7, 11) is 0. The number of carbonyl (C=O) groups excluding carboxylic acids is 2. The number of nitrogens with one attached hydrogen (secondary N) is 1. The van der Waals surface area contributed by atoms with E-state index >= 15 is 0 Å². The van der Waals surface area contributed by atoms with Crippen molar-refractivity contribution in [3.63, 3.8) is 0 Å². The van der Waals surface area contributed by atoms with Crippen LogP contribution in [0.5, 0.6) is 0 Å². The summed E-state index contributed by atoms with van der Waals surface area (Å²) in [4.78, 5) is 23.3. The van der Waals surface area contributed by atoms with Gasteiger partial charge in [0.15, 0.2) is 10.9 Å². The zero-order chi connectivity index (χ0) is 19.9. The second-order valence-corrected chi connectivity index (χ2v) is 7.02. The Bertz CT molecular complexity index is 972. The standard InChI is InChI=1S/C20H19FN4O2S/c1-14(26)22-11-10-15-6-8-16(9-7-15)19(27)12-28-20-24-23-13-25(20)18-5-3-2-4-17(18)21/h2-9,13H,10-12H2,1H3,(H,22,26). The van der Waals surface area contributed by atoms with E-state index in [0.29, 0.717) is 29.4 Å². The summed E-state index contributed by atoms with van der Waals surface area (Å²) < 4.78 is 15.5. The minimum Gasteiger partial charge on any atom is -0.356 e. The summed E-state index contributed by atoms with van der Waals surface area (Å²) in [5.41, 5.74) is 1.97. The molecule has 1 amide bonds. The number of hydrogen-bond donors (Lipinski definition) is 1. The molecule has 0 spiro atoms. The van der Waals surface area contributed by atoms with Gasteiger partial charge in [0.25, 0.3) is 0 Å². The number of para-hydroxylation sites is 1. The van der Waals surface area contributed by atoms with Gasteiger partial charge in [-0.1, -0.05) is 48.2 Å². The molecule has 0 aliphatic heterocycles. The molecule has 1 aromatic heterocycles. The van der Waals surface area contributed by atoms with Gasteiger partial charge in [-0.05, 0) is 24.1 Å². The van der Waals surface area contributed by atoms with Crippen LogP contribution in [0.4, 0.5) is 4.39 Å². The molecular formula is C20H19FN4O2S. The molecule has 1 N–H and O–H groups in total. The molecule has 0 saturated carbocycles. The third-order valence-corrected chi connectivity index (χ3v) is 4.97. The van der Waals surface area contributed by atoms with Crippen molar-refractivity contribution in [2.45, 2.75) is 18.5 Å². The van der Waals surface area contributed by atoms with Gasteiger partial charge in [-0.25, -0.2) is 4.39 Å². The van der Waals surface area contributed by atoms with Crippen LogP contribution in [0, 0.1) is 5.82 Å². The van der Waals surface area contributed by atoms with Crippen LogP contribution in [0.2, 0.25) is 0 Å². The Morgan fingerprint density at radius 2 is 1.89 bits per heavy atom. The number of Topliss-reactive ketones (excluding diaryl/α,β-unsaturated/α-hetero) is 1. The van der Waals surface area contributed by atoms with Crippen molar-refractivity contribution >= 4 is 23.5 Å². The first-order valence-corrected chi connectivity index (χ1v) is 9.67. The number of thioether (sulfide) groups is 1. The van der Waals surface area contributed by atoms with E-state index in [9.17, 15) is 14.0 Å². The second kappa shape index (κ2) is 9.27. The number of benzene rings is 2. The van der Waals surface area contributed by atoms with E-state index in [1.807, 2.05) is 12.1 Å². The largest absolute Gasteiger partial charge is 0.356 e. The van der Waals surface area contributed by atoms with Crippen molar-refractivity contribution in [1.82, 2.24) is 20.1 Å². The van der Waals surface area contributed by atoms with Gasteiger partial charge in [0, 0.05) is 19.0 Å². The predicted molar refractivity (Wildman–Crippen MR) is 105 cm³/mol. The molecule has 0 aliphatic rings. The fourth-order valence-corrected chi connectivity index (χ4v) is 3.41. The van der Waals surface area contributed by atoms with Crippen molar-refractivity contribution < 1.29 is 14.0 Å². The number of rotatable bonds is 8. The second-order valence-electron chi connectivity index (χ2n) is 6.08. The van der Waals surface area contributed by atoms with Crippen LogP contribution < -0.4 is 5.32 Å². The number of halogens is 1. The number of ketones is 1. The average molecular weight is 398 g/mol. The highest BCUT2D eigenvalue weighted by atomic mass is 32.2. The Kier molecular flexibility index (Phi) is 6.54. The van der Waals surface area contributed by atoms with Gasteiger partial charge in [0.05, 0.1) is 11.4 Å². The summed E-state index contributed by atoms with van der Waals surface area (Å²) in [6, 6.07) is 13.6. The SMILES string of the molecule is CC(=O)NCCc1ccc(C(=O)CSc2nncn2-c2ccccc2F)cc1. The number of carbonyl (C=O) groups is 2. The molecule has 3 rings (SSSR count). The molecule has 0 unspecified atom stereocenters. The molecule has 0 fully saturated rings. The van der Waals surface area contributed by atoms with Gasteiger partial charge in [-0.3, -0.25) is 14.2 Å². The molecule has 28 heavy (non-hydrogen) atoms. The molecule has 3 aromatic rings. The van der Waals surface area contributed by atoms with Crippen LogP contribution in [0.25, 0.3) is 5.69 Å². The zero-order valence-electron chi connectivity index (χ0n) is 15.3. The molecule has 1 heterocycles. The van der Waals surface area contributed by atoms with Gasteiger partial charge >= 0.3 is 0 Å². The molecule has 6 nitrogen and oxygen atoms in total. The Balaban J connectivity index is 1.60. The van der Waals surface area contributed by atoms with Crippen LogP contribution in [-0.2, 0) is 11.2 Å². The number of aromatic nitrogens is 3. The lowest BCUT2D eigenvalue weighted by atomic mass is 10.1. The smallest absolute Gasteiger partial charge is 0.216 e. The summed E-state index contributed by atoms with van der Waals surface area (Å²) in [6.07, 6.45) is 2.13. The normalized spacial score (nSPS) is 10.6. The Morgan fingerprint density at radius 3 is 2.61 bits per heavy atom. The number of nitrogens with zero attached hydrogens (tertiary/aromatic N) is 3. The third-order valence-electron chi connectivity index (χ3n) is 4.02. The maximum atomic E-state index is 14.0. The number of hydrogen-bond acceptors (Lipinski definition) is 5. The Labute approximate surface area is 166 Å². The maximum Gasteiger partial charge on any atom is 0.216 e. The zero-order valence-corrected chi connectivity index (χ0v) is 16.1. The van der Waals surface area contributed by atoms with Crippen molar-refractivity contribution in [2.24, 2.45) is 0 Å². The molecule has 8 heteroatoms. The molecule has 0 saturated heterocycles. The van der Waals surface area contributed by atoms with Gasteiger partial charge in [0.2, 0.25) is 5.91 Å². The highest BCUT2D eigenvalue weighted by Crippen LogP contribution is 2.22. The molecule has 0 aliphatic carbocycles. The first-order valence-electron chi connectivity index (χ1n) is 8.69. The molecule has 0 atom stereocenters. The molecule has 0 radical (unpaired) electrons. The topological polar surface area (TPSA) is 76.9 Å². The first-order chi connectivity index (χ1) is 13.5. The van der Waals surface area contributed by atoms with E-state index < -0.39 is 0 Å². The van der Waals surface area contributed by atoms with E-state index in [2.05, 4.69) is 15.5 Å². The Hall–Kier alpha value is -3.00. The summed E-state index contributed by atoms with van der Waals surface area (Å²) in [5, 5.41) is 11.0. The van der Waals surface area contributed by atoms with Crippen LogP contribution >= 0.6 is 11.8 Å². The third kappa shape index (κ3) is 5.04. The van der Waals surface area contributed by atoms with Crippen LogP contribution in [0.1, 0.15) is 22.8 Å². The van der Waals surface area contributed by atoms with E-state index in [-0.39, 0.29) is 23.3 Å². The summed E-state index contributed by atoms with van der Waals surface area (Å²) in [5.74, 6) is -0.336. The highest BCUT2D eigenvalue weighted by molar-refractivity contribution is 7.99. The Morgan fingerprint density at radius 1 is 1.14 bits per heavy atom. The quantitative estimate of drug-likeness (QED) is 0.466. The van der Waals surface area contributed by atoms with E-state index in [0.717, 1.165) is 5.56 Å². The lowest BCUT2D eigenvalue weighted by Gasteiger charge is -2.07. The van der Waals surface area contributed by atoms with Crippen molar-refractivity contribution in [3.8, 4) is 5.69 Å². The van der Waals surface area contributed by atoms with Crippen molar-refractivity contribution in [3.05, 3.63) is 71.8 Å². The molecule has 0 bridgehead atoms. The number of amides is 1. The molecule has 2 aromatic carbocycles. The van der Waals surface area contributed by atoms with E-state index in [1.54, 1.807) is 30.3 Å². The van der Waals surface area contributed by atoms with E-state index in [1.165, 1.54) is 35.6 Å². The van der Waals surface area contributed by atoms with Gasteiger partial charge < -0.3 is 5.32 Å². The van der Waals surface area contributed by atoms with Crippen LogP contribution in [0.3, 0.4) is 0 Å². The lowest BCUT2D eigenvalue weighted by molar-refractivity contribution is -0.118. The maximum absolute atomic E-state index is 14.0. The lowest BCUT2D eigenvalue weighted by Crippen LogP contribution is -2.22. The van der Waals surface area contributed by atoms with Crippen molar-refractivity contribution in [2.75, 3.05) is 12.3 Å². The molecular weight excluding hydrogens is 379 g/mol. The van der Waals surface area contributed by atoms with Crippen LogP contribution in [0.15, 0.2) is 60.0 Å². The minimum absolute atomic E-state index is 0.0542. The first kappa shape index (κ1) is 19.8. The van der Waals surface area contributed by atoms with Gasteiger partial charge in [-0.15, -0.1) is 10.2 Å². The van der Waals surface area contributed by atoms with E-state index in [4.69, 9.17) is 0 Å². The fraction of sp³-hybridized carbons (Fsp3) is 0.200. The van der Waals surface area contributed by atoms with Gasteiger partial charge in [-0.2, -0.15) is 0 Å². The van der Waals surface area contributed by atoms with Crippen molar-refractivity contribution in [1.29, 1.82) is 0 Å².